The van der Waals surface area contributed by atoms with Gasteiger partial charge in [0.15, 0.2) is 5.78 Å². The third-order valence-corrected chi connectivity index (χ3v) is 4.01. The number of nitrogens with zero attached hydrogens (tertiary/aromatic N) is 2. The van der Waals surface area contributed by atoms with Crippen molar-refractivity contribution in [3.63, 3.8) is 0 Å². The molecule has 0 aliphatic carbocycles. The number of hydrogen-bond donors (Lipinski definition) is 0. The lowest BCUT2D eigenvalue weighted by atomic mass is 10.1. The van der Waals surface area contributed by atoms with Crippen molar-refractivity contribution >= 4 is 11.5 Å². The summed E-state index contributed by atoms with van der Waals surface area (Å²) in [6.45, 7) is 7.32. The van der Waals surface area contributed by atoms with E-state index < -0.39 is 0 Å². The SMILES string of the molecule is CC(=O)c1ccc2c(c1)CCN2Cc1c(C)noc1C. The number of rotatable bonds is 3. The minimum Gasteiger partial charge on any atom is -0.366 e. The Bertz CT molecular complexity index is 654. The van der Waals surface area contributed by atoms with E-state index in [1.165, 1.54) is 11.3 Å². The van der Waals surface area contributed by atoms with E-state index in [0.717, 1.165) is 42.1 Å². The number of aromatic nitrogens is 1. The molecule has 4 heteroatoms. The zero-order chi connectivity index (χ0) is 14.3. The number of anilines is 1. The molecule has 0 N–H and O–H groups in total. The Morgan fingerprint density at radius 2 is 2.20 bits per heavy atom. The molecular formula is C16H18N2O2. The predicted octanol–water partition coefficient (Wildman–Crippen LogP) is 3.06. The average molecular weight is 270 g/mol. The number of ketones is 1. The number of carbonyl (C=O) groups is 1. The Balaban J connectivity index is 1.88. The normalized spacial score (nSPS) is 13.7. The average Bonchev–Trinajstić information content (AvgIpc) is 2.97. The smallest absolute Gasteiger partial charge is 0.159 e. The fraction of sp³-hybridized carbons (Fsp3) is 0.375. The van der Waals surface area contributed by atoms with Crippen molar-refractivity contribution in [2.45, 2.75) is 33.7 Å². The minimum absolute atomic E-state index is 0.122. The summed E-state index contributed by atoms with van der Waals surface area (Å²) in [4.78, 5) is 13.8. The topological polar surface area (TPSA) is 46.3 Å². The van der Waals surface area contributed by atoms with Crippen LogP contribution in [-0.4, -0.2) is 17.5 Å². The molecule has 2 heterocycles. The lowest BCUT2D eigenvalue weighted by Crippen LogP contribution is -2.20. The van der Waals surface area contributed by atoms with Crippen molar-refractivity contribution in [1.29, 1.82) is 0 Å². The molecule has 0 atom stereocenters. The molecule has 20 heavy (non-hydrogen) atoms. The maximum atomic E-state index is 11.4. The Kier molecular flexibility index (Phi) is 3.08. The minimum atomic E-state index is 0.122. The van der Waals surface area contributed by atoms with Crippen LogP contribution in [0.1, 0.15) is 39.9 Å². The van der Waals surface area contributed by atoms with Crippen LogP contribution >= 0.6 is 0 Å². The molecule has 0 fully saturated rings. The molecule has 3 rings (SSSR count). The van der Waals surface area contributed by atoms with E-state index in [9.17, 15) is 4.79 Å². The lowest BCUT2D eigenvalue weighted by Gasteiger charge is -2.19. The molecule has 0 radical (unpaired) electrons. The highest BCUT2D eigenvalue weighted by Gasteiger charge is 2.22. The molecule has 0 saturated heterocycles. The first-order chi connectivity index (χ1) is 9.56. The summed E-state index contributed by atoms with van der Waals surface area (Å²) < 4.78 is 5.22. The molecule has 0 spiro atoms. The van der Waals surface area contributed by atoms with Crippen LogP contribution in [0, 0.1) is 13.8 Å². The van der Waals surface area contributed by atoms with Gasteiger partial charge in [-0.15, -0.1) is 0 Å². The van der Waals surface area contributed by atoms with Gasteiger partial charge in [-0.1, -0.05) is 5.16 Å². The van der Waals surface area contributed by atoms with E-state index in [1.807, 2.05) is 26.0 Å². The second-order valence-electron chi connectivity index (χ2n) is 5.37. The number of benzene rings is 1. The Hall–Kier alpha value is -2.10. The molecule has 1 aromatic heterocycles. The van der Waals surface area contributed by atoms with E-state index in [2.05, 4.69) is 16.1 Å². The summed E-state index contributed by atoms with van der Waals surface area (Å²) in [5.74, 6) is 1.01. The van der Waals surface area contributed by atoms with E-state index in [0.29, 0.717) is 0 Å². The molecule has 0 unspecified atom stereocenters. The Labute approximate surface area is 118 Å². The first kappa shape index (κ1) is 12.9. The highest BCUT2D eigenvalue weighted by molar-refractivity contribution is 5.94. The molecule has 4 nitrogen and oxygen atoms in total. The molecule has 1 aliphatic rings. The maximum Gasteiger partial charge on any atom is 0.159 e. The second-order valence-corrected chi connectivity index (χ2v) is 5.37. The van der Waals surface area contributed by atoms with Gasteiger partial charge in [-0.25, -0.2) is 0 Å². The lowest BCUT2D eigenvalue weighted by molar-refractivity contribution is 0.101. The van der Waals surface area contributed by atoms with Gasteiger partial charge in [0.2, 0.25) is 0 Å². The summed E-state index contributed by atoms with van der Waals surface area (Å²) in [5.41, 5.74) is 5.38. The summed E-state index contributed by atoms with van der Waals surface area (Å²) in [7, 11) is 0. The quantitative estimate of drug-likeness (QED) is 0.804. The van der Waals surface area contributed by atoms with Gasteiger partial charge < -0.3 is 9.42 Å². The van der Waals surface area contributed by atoms with Crippen molar-refractivity contribution in [3.05, 3.63) is 46.3 Å². The first-order valence-corrected chi connectivity index (χ1v) is 6.87. The van der Waals surface area contributed by atoms with Gasteiger partial charge in [0.1, 0.15) is 5.76 Å². The molecule has 1 aromatic carbocycles. The van der Waals surface area contributed by atoms with Crippen LogP contribution in [-0.2, 0) is 13.0 Å². The molecule has 0 amide bonds. The maximum absolute atomic E-state index is 11.4. The fourth-order valence-corrected chi connectivity index (χ4v) is 2.77. The van der Waals surface area contributed by atoms with Gasteiger partial charge in [0.05, 0.1) is 5.69 Å². The summed E-state index contributed by atoms with van der Waals surface area (Å²) in [6, 6.07) is 5.98. The van der Waals surface area contributed by atoms with E-state index in [4.69, 9.17) is 4.52 Å². The monoisotopic (exact) mass is 270 g/mol. The number of aryl methyl sites for hydroxylation is 2. The van der Waals surface area contributed by atoms with Gasteiger partial charge in [0.25, 0.3) is 0 Å². The second kappa shape index (κ2) is 4.78. The Morgan fingerprint density at radius 1 is 1.40 bits per heavy atom. The van der Waals surface area contributed by atoms with Gasteiger partial charge in [0, 0.05) is 29.9 Å². The van der Waals surface area contributed by atoms with E-state index in [1.54, 1.807) is 6.92 Å². The van der Waals surface area contributed by atoms with Crippen LogP contribution in [0.2, 0.25) is 0 Å². The largest absolute Gasteiger partial charge is 0.366 e. The van der Waals surface area contributed by atoms with Gasteiger partial charge in [-0.2, -0.15) is 0 Å². The van der Waals surface area contributed by atoms with Crippen molar-refractivity contribution in [2.24, 2.45) is 0 Å². The zero-order valence-electron chi connectivity index (χ0n) is 12.1. The number of carbonyl (C=O) groups excluding carboxylic acids is 1. The van der Waals surface area contributed by atoms with Crippen molar-refractivity contribution in [3.8, 4) is 0 Å². The highest BCUT2D eigenvalue weighted by atomic mass is 16.5. The van der Waals surface area contributed by atoms with Crippen LogP contribution in [0.25, 0.3) is 0 Å². The summed E-state index contributed by atoms with van der Waals surface area (Å²) >= 11 is 0. The van der Waals surface area contributed by atoms with E-state index >= 15 is 0 Å². The van der Waals surface area contributed by atoms with Gasteiger partial charge in [-0.3, -0.25) is 4.79 Å². The number of fused-ring (bicyclic) bond motifs is 1. The third-order valence-electron chi connectivity index (χ3n) is 4.01. The predicted molar refractivity (Wildman–Crippen MR) is 77.2 cm³/mol. The van der Waals surface area contributed by atoms with Crippen LogP contribution < -0.4 is 4.90 Å². The molecular weight excluding hydrogens is 252 g/mol. The molecule has 104 valence electrons. The number of hydrogen-bond acceptors (Lipinski definition) is 4. The Morgan fingerprint density at radius 3 is 2.85 bits per heavy atom. The van der Waals surface area contributed by atoms with E-state index in [-0.39, 0.29) is 5.78 Å². The summed E-state index contributed by atoms with van der Waals surface area (Å²) in [5, 5.41) is 4.01. The first-order valence-electron chi connectivity index (χ1n) is 6.87. The number of Topliss-reactive ketones (excluding diaryl/α,β-unsaturated/α-hetero) is 1. The van der Waals surface area contributed by atoms with Crippen molar-refractivity contribution in [1.82, 2.24) is 5.16 Å². The molecule has 1 aliphatic heterocycles. The standard InChI is InChI=1S/C16H18N2O2/c1-10-15(12(3)20-17-10)9-18-7-6-14-8-13(11(2)19)4-5-16(14)18/h4-5,8H,6-7,9H2,1-3H3. The van der Waals surface area contributed by atoms with Crippen LogP contribution in [0.5, 0.6) is 0 Å². The third kappa shape index (κ3) is 2.11. The van der Waals surface area contributed by atoms with Crippen LogP contribution in [0.15, 0.2) is 22.7 Å². The molecule has 2 aromatic rings. The highest BCUT2D eigenvalue weighted by Crippen LogP contribution is 2.31. The van der Waals surface area contributed by atoms with Crippen LogP contribution in [0.4, 0.5) is 5.69 Å². The summed E-state index contributed by atoms with van der Waals surface area (Å²) in [6.07, 6.45) is 0.986. The molecule has 0 saturated carbocycles. The van der Waals surface area contributed by atoms with Crippen molar-refractivity contribution in [2.75, 3.05) is 11.4 Å². The van der Waals surface area contributed by atoms with Crippen molar-refractivity contribution < 1.29 is 9.32 Å². The van der Waals surface area contributed by atoms with Crippen LogP contribution in [0.3, 0.4) is 0 Å². The molecule has 0 bridgehead atoms. The fourth-order valence-electron chi connectivity index (χ4n) is 2.77. The van der Waals surface area contributed by atoms with Gasteiger partial charge in [-0.05, 0) is 51.0 Å². The van der Waals surface area contributed by atoms with Gasteiger partial charge >= 0.3 is 0 Å². The zero-order valence-corrected chi connectivity index (χ0v) is 12.1.